The summed E-state index contributed by atoms with van der Waals surface area (Å²) >= 11 is 0. The summed E-state index contributed by atoms with van der Waals surface area (Å²) in [6.07, 6.45) is 1.28. The van der Waals surface area contributed by atoms with E-state index in [-0.39, 0.29) is 18.0 Å². The van der Waals surface area contributed by atoms with Crippen molar-refractivity contribution in [3.05, 3.63) is 64.1 Å². The van der Waals surface area contributed by atoms with Crippen LogP contribution in [-0.4, -0.2) is 34.9 Å². The van der Waals surface area contributed by atoms with Crippen molar-refractivity contribution in [1.82, 2.24) is 20.2 Å². The third-order valence-electron chi connectivity index (χ3n) is 3.11. The Kier molecular flexibility index (Phi) is 5.00. The van der Waals surface area contributed by atoms with E-state index in [4.69, 9.17) is 0 Å². The van der Waals surface area contributed by atoms with Gasteiger partial charge in [-0.25, -0.2) is 9.37 Å². The number of nitrogens with one attached hydrogen (secondary N) is 2. The summed E-state index contributed by atoms with van der Waals surface area (Å²) in [4.78, 5) is 31.6. The Bertz CT molecular complexity index is 714. The maximum atomic E-state index is 13.4. The van der Waals surface area contributed by atoms with Gasteiger partial charge in [0, 0.05) is 6.07 Å². The lowest BCUT2D eigenvalue weighted by Gasteiger charge is -2.23. The van der Waals surface area contributed by atoms with Crippen LogP contribution in [0.15, 0.2) is 41.5 Å². The second-order valence-corrected chi connectivity index (χ2v) is 5.04. The maximum absolute atomic E-state index is 13.4. The molecule has 22 heavy (non-hydrogen) atoms. The van der Waals surface area contributed by atoms with Crippen molar-refractivity contribution in [3.8, 4) is 0 Å². The summed E-state index contributed by atoms with van der Waals surface area (Å²) in [5, 5.41) is 2.71. The number of aromatic amines is 1. The van der Waals surface area contributed by atoms with Crippen molar-refractivity contribution in [2.24, 2.45) is 0 Å². The summed E-state index contributed by atoms with van der Waals surface area (Å²) in [6.45, 7) is 0.127. The van der Waals surface area contributed by atoms with E-state index in [1.165, 1.54) is 24.5 Å². The van der Waals surface area contributed by atoms with E-state index in [1.54, 1.807) is 31.1 Å². The first-order chi connectivity index (χ1) is 10.5. The molecule has 1 unspecified atom stereocenters. The maximum Gasteiger partial charge on any atom is 0.250 e. The van der Waals surface area contributed by atoms with Gasteiger partial charge in [0.15, 0.2) is 0 Å². The van der Waals surface area contributed by atoms with E-state index < -0.39 is 11.9 Å². The highest BCUT2D eigenvalue weighted by molar-refractivity contribution is 5.83. The van der Waals surface area contributed by atoms with Crippen LogP contribution in [-0.2, 0) is 11.3 Å². The van der Waals surface area contributed by atoms with Gasteiger partial charge in [0.25, 0.3) is 5.56 Å². The minimum Gasteiger partial charge on any atom is -0.349 e. The molecule has 6 nitrogen and oxygen atoms in total. The fraction of sp³-hybridized carbons (Fsp3) is 0.267. The number of H-pyrrole nitrogens is 1. The monoisotopic (exact) mass is 304 g/mol. The molecule has 0 saturated heterocycles. The van der Waals surface area contributed by atoms with Gasteiger partial charge in [-0.1, -0.05) is 12.1 Å². The van der Waals surface area contributed by atoms with Crippen LogP contribution in [0.2, 0.25) is 0 Å². The van der Waals surface area contributed by atoms with Gasteiger partial charge in [-0.15, -0.1) is 0 Å². The number of aromatic nitrogens is 2. The van der Waals surface area contributed by atoms with Crippen LogP contribution >= 0.6 is 0 Å². The summed E-state index contributed by atoms with van der Waals surface area (Å²) in [5.74, 6) is -0.689. The first kappa shape index (κ1) is 15.8. The molecule has 0 fully saturated rings. The first-order valence-electron chi connectivity index (χ1n) is 6.70. The number of rotatable bonds is 5. The SMILES string of the molecule is CN(C)C(C(=O)NCc1cc(=O)[nH]cn1)c1cccc(F)c1. The number of halogens is 1. The number of carbonyl (C=O) groups excluding carboxylic acids is 1. The molecule has 0 saturated carbocycles. The zero-order valence-electron chi connectivity index (χ0n) is 12.3. The Morgan fingerprint density at radius 3 is 2.82 bits per heavy atom. The Labute approximate surface area is 127 Å². The molecule has 0 spiro atoms. The molecule has 1 aromatic carbocycles. The van der Waals surface area contributed by atoms with Crippen LogP contribution < -0.4 is 10.9 Å². The minimum absolute atomic E-state index is 0.127. The molecule has 0 radical (unpaired) electrons. The van der Waals surface area contributed by atoms with Crippen molar-refractivity contribution in [2.45, 2.75) is 12.6 Å². The fourth-order valence-corrected chi connectivity index (χ4v) is 2.14. The summed E-state index contributed by atoms with van der Waals surface area (Å²) in [5.41, 5.74) is 0.726. The number of benzene rings is 1. The lowest BCUT2D eigenvalue weighted by molar-refractivity contribution is -0.126. The van der Waals surface area contributed by atoms with Gasteiger partial charge < -0.3 is 10.3 Å². The quantitative estimate of drug-likeness (QED) is 0.857. The molecular formula is C15H17FN4O2. The van der Waals surface area contributed by atoms with E-state index in [0.717, 1.165) is 0 Å². The molecule has 1 heterocycles. The highest BCUT2D eigenvalue weighted by atomic mass is 19.1. The van der Waals surface area contributed by atoms with E-state index in [0.29, 0.717) is 11.3 Å². The predicted molar refractivity (Wildman–Crippen MR) is 79.5 cm³/mol. The Balaban J connectivity index is 2.12. The number of hydrogen-bond acceptors (Lipinski definition) is 4. The molecule has 0 bridgehead atoms. The van der Waals surface area contributed by atoms with Gasteiger partial charge in [-0.3, -0.25) is 14.5 Å². The van der Waals surface area contributed by atoms with Crippen molar-refractivity contribution >= 4 is 5.91 Å². The highest BCUT2D eigenvalue weighted by Crippen LogP contribution is 2.19. The fourth-order valence-electron chi connectivity index (χ4n) is 2.14. The molecule has 1 atom stereocenters. The van der Waals surface area contributed by atoms with Crippen molar-refractivity contribution in [2.75, 3.05) is 14.1 Å². The van der Waals surface area contributed by atoms with Gasteiger partial charge >= 0.3 is 0 Å². The van der Waals surface area contributed by atoms with Crippen LogP contribution in [0, 0.1) is 5.82 Å². The normalized spacial score (nSPS) is 12.2. The number of nitrogens with zero attached hydrogens (tertiary/aromatic N) is 2. The average molecular weight is 304 g/mol. The molecule has 0 aliphatic rings. The summed E-state index contributed by atoms with van der Waals surface area (Å²) < 4.78 is 13.4. The minimum atomic E-state index is -0.627. The van der Waals surface area contributed by atoms with Gasteiger partial charge in [0.05, 0.1) is 18.6 Å². The smallest absolute Gasteiger partial charge is 0.250 e. The van der Waals surface area contributed by atoms with Crippen LogP contribution in [0.1, 0.15) is 17.3 Å². The summed E-state index contributed by atoms with van der Waals surface area (Å²) in [6, 6.07) is 6.60. The van der Waals surface area contributed by atoms with E-state index >= 15 is 0 Å². The predicted octanol–water partition coefficient (Wildman–Crippen LogP) is 0.828. The van der Waals surface area contributed by atoms with Gasteiger partial charge in [-0.2, -0.15) is 0 Å². The lowest BCUT2D eigenvalue weighted by Crippen LogP contribution is -2.37. The van der Waals surface area contributed by atoms with Crippen molar-refractivity contribution in [3.63, 3.8) is 0 Å². The van der Waals surface area contributed by atoms with Crippen LogP contribution in [0.5, 0.6) is 0 Å². The first-order valence-corrected chi connectivity index (χ1v) is 6.70. The van der Waals surface area contributed by atoms with E-state index in [2.05, 4.69) is 15.3 Å². The van der Waals surface area contributed by atoms with E-state index in [1.807, 2.05) is 0 Å². The second kappa shape index (κ2) is 6.95. The third-order valence-corrected chi connectivity index (χ3v) is 3.11. The topological polar surface area (TPSA) is 78.1 Å². The van der Waals surface area contributed by atoms with Gasteiger partial charge in [0.2, 0.25) is 5.91 Å². The Morgan fingerprint density at radius 2 is 2.18 bits per heavy atom. The van der Waals surface area contributed by atoms with Crippen molar-refractivity contribution < 1.29 is 9.18 Å². The number of likely N-dealkylation sites (N-methyl/N-ethyl adjacent to an activating group) is 1. The molecule has 1 amide bonds. The molecule has 2 aromatic rings. The Hall–Kier alpha value is -2.54. The zero-order chi connectivity index (χ0) is 16.1. The lowest BCUT2D eigenvalue weighted by atomic mass is 10.1. The van der Waals surface area contributed by atoms with E-state index in [9.17, 15) is 14.0 Å². The number of amides is 1. The molecule has 2 N–H and O–H groups in total. The van der Waals surface area contributed by atoms with Crippen LogP contribution in [0.4, 0.5) is 4.39 Å². The van der Waals surface area contributed by atoms with Crippen molar-refractivity contribution in [1.29, 1.82) is 0 Å². The molecule has 7 heteroatoms. The largest absolute Gasteiger partial charge is 0.349 e. The summed E-state index contributed by atoms with van der Waals surface area (Å²) in [7, 11) is 3.47. The molecule has 2 rings (SSSR count). The molecule has 116 valence electrons. The van der Waals surface area contributed by atoms with Gasteiger partial charge in [0.1, 0.15) is 11.9 Å². The molecule has 0 aliphatic carbocycles. The average Bonchev–Trinajstić information content (AvgIpc) is 2.45. The van der Waals surface area contributed by atoms with Crippen LogP contribution in [0.3, 0.4) is 0 Å². The Morgan fingerprint density at radius 1 is 1.41 bits per heavy atom. The second-order valence-electron chi connectivity index (χ2n) is 5.04. The van der Waals surface area contributed by atoms with Crippen LogP contribution in [0.25, 0.3) is 0 Å². The molecular weight excluding hydrogens is 287 g/mol. The number of hydrogen-bond donors (Lipinski definition) is 2. The zero-order valence-corrected chi connectivity index (χ0v) is 12.3. The standard InChI is InChI=1S/C15H17FN4O2/c1-20(2)14(10-4-3-5-11(16)6-10)15(22)17-8-12-7-13(21)19-9-18-12/h3-7,9,14H,8H2,1-2H3,(H,17,22)(H,18,19,21). The molecule has 1 aromatic heterocycles. The van der Waals surface area contributed by atoms with Gasteiger partial charge in [-0.05, 0) is 31.8 Å². The molecule has 0 aliphatic heterocycles. The number of carbonyl (C=O) groups is 1. The third kappa shape index (κ3) is 3.98. The highest BCUT2D eigenvalue weighted by Gasteiger charge is 2.23.